The fourth-order valence-electron chi connectivity index (χ4n) is 1.24. The van der Waals surface area contributed by atoms with Crippen molar-refractivity contribution in [1.29, 1.82) is 0 Å². The number of aliphatic carboxylic acids is 1. The van der Waals surface area contributed by atoms with Crippen molar-refractivity contribution in [2.45, 2.75) is 6.92 Å². The maximum Gasteiger partial charge on any atom is 0.328 e. The topological polar surface area (TPSA) is 46.5 Å². The van der Waals surface area contributed by atoms with E-state index < -0.39 is 5.97 Å². The van der Waals surface area contributed by atoms with Crippen molar-refractivity contribution in [1.82, 2.24) is 0 Å². The highest BCUT2D eigenvalue weighted by molar-refractivity contribution is 5.89. The summed E-state index contributed by atoms with van der Waals surface area (Å²) < 4.78 is 5.32. The highest BCUT2D eigenvalue weighted by atomic mass is 35.5. The van der Waals surface area contributed by atoms with E-state index in [1.54, 1.807) is 25.1 Å². The van der Waals surface area contributed by atoms with Gasteiger partial charge in [-0.05, 0) is 30.2 Å². The third-order valence-corrected chi connectivity index (χ3v) is 2.02. The molecule has 0 saturated carbocycles. The highest BCUT2D eigenvalue weighted by Gasteiger charge is 1.99. The van der Waals surface area contributed by atoms with E-state index >= 15 is 0 Å². The van der Waals surface area contributed by atoms with Crippen molar-refractivity contribution >= 4 is 23.9 Å². The van der Waals surface area contributed by atoms with Crippen LogP contribution in [0.3, 0.4) is 0 Å². The van der Waals surface area contributed by atoms with Crippen molar-refractivity contribution in [2.75, 3.05) is 6.61 Å². The van der Waals surface area contributed by atoms with Crippen LogP contribution in [0, 0.1) is 0 Å². The molecule has 0 heterocycles. The predicted octanol–water partition coefficient (Wildman–Crippen LogP) is 3.16. The summed E-state index contributed by atoms with van der Waals surface area (Å²) in [6.45, 7) is 5.77. The zero-order valence-corrected chi connectivity index (χ0v) is 10.4. The first-order chi connectivity index (χ1) is 7.63. The van der Waals surface area contributed by atoms with Gasteiger partial charge in [0.25, 0.3) is 0 Å². The van der Waals surface area contributed by atoms with Crippen LogP contribution in [0.4, 0.5) is 0 Å². The number of ether oxygens (including phenoxy) is 1. The molecule has 0 fully saturated rings. The van der Waals surface area contributed by atoms with Crippen LogP contribution >= 0.6 is 12.4 Å². The molecular formula is C13H15ClO3. The van der Waals surface area contributed by atoms with Gasteiger partial charge in [-0.15, -0.1) is 12.4 Å². The molecule has 3 nitrogen and oxygen atoms in total. The molecule has 0 atom stereocenters. The Morgan fingerprint density at radius 1 is 1.41 bits per heavy atom. The third-order valence-electron chi connectivity index (χ3n) is 2.02. The molecule has 17 heavy (non-hydrogen) atoms. The first-order valence-corrected chi connectivity index (χ1v) is 4.89. The van der Waals surface area contributed by atoms with Crippen LogP contribution in [0.1, 0.15) is 12.5 Å². The van der Waals surface area contributed by atoms with E-state index in [2.05, 4.69) is 6.58 Å². The summed E-state index contributed by atoms with van der Waals surface area (Å²) in [6.07, 6.45) is 2.85. The minimum Gasteiger partial charge on any atom is -0.490 e. The standard InChI is InChI=1S/C13H14O3.ClH/c1-3-8-16-12-6-4-11(5-7-12)10(2)9-13(14)15;/h3-7,9H,1,8H2,2H3,(H,14,15);1H. The summed E-state index contributed by atoms with van der Waals surface area (Å²) in [5.74, 6) is -0.198. The molecule has 0 radical (unpaired) electrons. The molecule has 92 valence electrons. The molecule has 0 spiro atoms. The summed E-state index contributed by atoms with van der Waals surface area (Å²) >= 11 is 0. The second-order valence-corrected chi connectivity index (χ2v) is 3.29. The van der Waals surface area contributed by atoms with E-state index in [1.165, 1.54) is 6.08 Å². The quantitative estimate of drug-likeness (QED) is 0.649. The van der Waals surface area contributed by atoms with Gasteiger partial charge in [0.15, 0.2) is 0 Å². The van der Waals surface area contributed by atoms with Gasteiger partial charge in [-0.3, -0.25) is 0 Å². The van der Waals surface area contributed by atoms with Crippen molar-refractivity contribution < 1.29 is 14.6 Å². The number of allylic oxidation sites excluding steroid dienone is 1. The van der Waals surface area contributed by atoms with Crippen molar-refractivity contribution in [2.24, 2.45) is 0 Å². The molecule has 0 bridgehead atoms. The predicted molar refractivity (Wildman–Crippen MR) is 70.7 cm³/mol. The van der Waals surface area contributed by atoms with Gasteiger partial charge < -0.3 is 9.84 Å². The lowest BCUT2D eigenvalue weighted by atomic mass is 10.1. The van der Waals surface area contributed by atoms with E-state index in [9.17, 15) is 4.79 Å². The first-order valence-electron chi connectivity index (χ1n) is 4.89. The van der Waals surface area contributed by atoms with Crippen molar-refractivity contribution in [3.8, 4) is 5.75 Å². The molecule has 0 unspecified atom stereocenters. The third kappa shape index (κ3) is 5.22. The van der Waals surface area contributed by atoms with E-state index in [1.807, 2.05) is 12.1 Å². The number of carboxylic acids is 1. The number of hydrogen-bond donors (Lipinski definition) is 1. The zero-order chi connectivity index (χ0) is 12.0. The summed E-state index contributed by atoms with van der Waals surface area (Å²) in [5.41, 5.74) is 1.58. The lowest BCUT2D eigenvalue weighted by molar-refractivity contribution is -0.131. The van der Waals surface area contributed by atoms with E-state index in [0.717, 1.165) is 11.3 Å². The van der Waals surface area contributed by atoms with Crippen LogP contribution in [-0.2, 0) is 4.79 Å². The molecule has 0 saturated heterocycles. The summed E-state index contributed by atoms with van der Waals surface area (Å²) in [4.78, 5) is 10.5. The lowest BCUT2D eigenvalue weighted by Crippen LogP contribution is -1.93. The molecule has 0 aliphatic heterocycles. The Hall–Kier alpha value is -1.74. The average Bonchev–Trinajstić information content (AvgIpc) is 2.26. The number of benzene rings is 1. The fourth-order valence-corrected chi connectivity index (χ4v) is 1.24. The van der Waals surface area contributed by atoms with E-state index in [4.69, 9.17) is 9.84 Å². The van der Waals surface area contributed by atoms with Crippen LogP contribution in [0.15, 0.2) is 43.0 Å². The second kappa shape index (κ2) is 7.52. The van der Waals surface area contributed by atoms with Gasteiger partial charge >= 0.3 is 5.97 Å². The van der Waals surface area contributed by atoms with Crippen LogP contribution in [0.5, 0.6) is 5.75 Å². The molecule has 1 rings (SSSR count). The SMILES string of the molecule is C=CCOc1ccc(C(C)=CC(=O)O)cc1.Cl. The fraction of sp³-hybridized carbons (Fsp3) is 0.154. The smallest absolute Gasteiger partial charge is 0.328 e. The van der Waals surface area contributed by atoms with Crippen LogP contribution in [0.25, 0.3) is 5.57 Å². The molecule has 0 amide bonds. The van der Waals surface area contributed by atoms with Gasteiger partial charge in [-0.2, -0.15) is 0 Å². The van der Waals surface area contributed by atoms with Gasteiger partial charge in [0.2, 0.25) is 0 Å². The van der Waals surface area contributed by atoms with Crippen LogP contribution in [-0.4, -0.2) is 17.7 Å². The molecule has 0 aromatic heterocycles. The van der Waals surface area contributed by atoms with Gasteiger partial charge in [0.1, 0.15) is 12.4 Å². The van der Waals surface area contributed by atoms with E-state index in [-0.39, 0.29) is 12.4 Å². The summed E-state index contributed by atoms with van der Waals surface area (Å²) in [7, 11) is 0. The first kappa shape index (κ1) is 15.3. The molecular weight excluding hydrogens is 240 g/mol. The second-order valence-electron chi connectivity index (χ2n) is 3.29. The Bertz CT molecular complexity index is 407. The Morgan fingerprint density at radius 2 is 2.00 bits per heavy atom. The lowest BCUT2D eigenvalue weighted by Gasteiger charge is -2.04. The Balaban J connectivity index is 0.00000256. The minimum atomic E-state index is -0.940. The number of halogens is 1. The number of carbonyl (C=O) groups is 1. The van der Waals surface area contributed by atoms with Crippen molar-refractivity contribution in [3.05, 3.63) is 48.6 Å². The largest absolute Gasteiger partial charge is 0.490 e. The van der Waals surface area contributed by atoms with Crippen LogP contribution in [0.2, 0.25) is 0 Å². The molecule has 1 N–H and O–H groups in total. The maximum absolute atomic E-state index is 10.5. The number of carboxylic acid groups (broad SMARTS) is 1. The maximum atomic E-state index is 10.5. The summed E-state index contributed by atoms with van der Waals surface area (Å²) in [6, 6.07) is 7.26. The molecule has 1 aromatic rings. The van der Waals surface area contributed by atoms with Crippen molar-refractivity contribution in [3.63, 3.8) is 0 Å². The monoisotopic (exact) mass is 254 g/mol. The van der Waals surface area contributed by atoms with E-state index in [0.29, 0.717) is 12.2 Å². The zero-order valence-electron chi connectivity index (χ0n) is 9.55. The summed E-state index contributed by atoms with van der Waals surface area (Å²) in [5, 5.41) is 8.60. The molecule has 1 aromatic carbocycles. The molecule has 0 aliphatic rings. The van der Waals surface area contributed by atoms with Crippen LogP contribution < -0.4 is 4.74 Å². The molecule has 0 aliphatic carbocycles. The van der Waals surface area contributed by atoms with Gasteiger partial charge in [0.05, 0.1) is 0 Å². The van der Waals surface area contributed by atoms with Gasteiger partial charge in [0, 0.05) is 6.08 Å². The van der Waals surface area contributed by atoms with Gasteiger partial charge in [-0.1, -0.05) is 24.8 Å². The highest BCUT2D eigenvalue weighted by Crippen LogP contribution is 2.18. The number of hydrogen-bond acceptors (Lipinski definition) is 2. The average molecular weight is 255 g/mol. The Morgan fingerprint density at radius 3 is 2.47 bits per heavy atom. The molecule has 4 heteroatoms. The minimum absolute atomic E-state index is 0. The Kier molecular flexibility index (Phi) is 6.75. The normalized spacial score (nSPS) is 10.3. The van der Waals surface area contributed by atoms with Gasteiger partial charge in [-0.25, -0.2) is 4.79 Å². The number of rotatable bonds is 5. The Labute approximate surface area is 107 Å².